The van der Waals surface area contributed by atoms with Gasteiger partial charge in [-0.05, 0) is 63.3 Å². The van der Waals surface area contributed by atoms with E-state index in [2.05, 4.69) is 46.9 Å². The van der Waals surface area contributed by atoms with Gasteiger partial charge in [0.05, 0.1) is 5.60 Å². The van der Waals surface area contributed by atoms with E-state index in [1.165, 1.54) is 44.9 Å². The molecule has 0 aromatic rings. The summed E-state index contributed by atoms with van der Waals surface area (Å²) in [6, 6.07) is 0.508. The maximum atomic E-state index is 6.43. The molecule has 2 heteroatoms. The van der Waals surface area contributed by atoms with Crippen LogP contribution in [0.2, 0.25) is 0 Å². The molecule has 0 heterocycles. The summed E-state index contributed by atoms with van der Waals surface area (Å²) in [5, 5.41) is 3.85. The van der Waals surface area contributed by atoms with E-state index < -0.39 is 0 Å². The maximum Gasteiger partial charge on any atom is 0.0837 e. The molecule has 0 bridgehead atoms. The average molecular weight is 298 g/mol. The summed E-state index contributed by atoms with van der Waals surface area (Å²) in [6.45, 7) is 15.9. The summed E-state index contributed by atoms with van der Waals surface area (Å²) in [5.41, 5.74) is 0.554. The largest absolute Gasteiger partial charge is 0.374 e. The van der Waals surface area contributed by atoms with Gasteiger partial charge >= 0.3 is 0 Å². The van der Waals surface area contributed by atoms with E-state index in [0.29, 0.717) is 17.4 Å². The first-order valence-electron chi connectivity index (χ1n) is 9.28. The van der Waals surface area contributed by atoms with Crippen LogP contribution in [0.1, 0.15) is 86.5 Å². The molecule has 0 aliphatic heterocycles. The lowest BCUT2D eigenvalue weighted by Crippen LogP contribution is -2.58. The second-order valence-electron chi connectivity index (χ2n) is 7.86. The van der Waals surface area contributed by atoms with Crippen molar-refractivity contribution < 1.29 is 4.74 Å². The molecule has 2 unspecified atom stereocenters. The third-order valence-corrected chi connectivity index (χ3v) is 5.38. The molecule has 0 radical (unpaired) electrons. The fourth-order valence-corrected chi connectivity index (χ4v) is 4.01. The van der Waals surface area contributed by atoms with Crippen LogP contribution in [0.25, 0.3) is 0 Å². The molecular weight excluding hydrogens is 258 g/mol. The SMILES string of the molecule is CCCNC(C(C)CCC)C1(OCC)CCC(C)(C)CC1. The number of nitrogens with one attached hydrogen (secondary N) is 1. The van der Waals surface area contributed by atoms with Crippen molar-refractivity contribution in [3.63, 3.8) is 0 Å². The van der Waals surface area contributed by atoms with Gasteiger partial charge in [0.1, 0.15) is 0 Å². The molecule has 126 valence electrons. The van der Waals surface area contributed by atoms with E-state index in [-0.39, 0.29) is 5.60 Å². The smallest absolute Gasteiger partial charge is 0.0837 e. The van der Waals surface area contributed by atoms with E-state index in [0.717, 1.165) is 13.2 Å². The van der Waals surface area contributed by atoms with Crippen LogP contribution in [-0.4, -0.2) is 24.8 Å². The average Bonchev–Trinajstić information content (AvgIpc) is 2.43. The van der Waals surface area contributed by atoms with Gasteiger partial charge in [0.25, 0.3) is 0 Å². The van der Waals surface area contributed by atoms with Crippen LogP contribution in [0.5, 0.6) is 0 Å². The highest BCUT2D eigenvalue weighted by Crippen LogP contribution is 2.45. The lowest BCUT2D eigenvalue weighted by atomic mass is 9.66. The fourth-order valence-electron chi connectivity index (χ4n) is 4.01. The van der Waals surface area contributed by atoms with Gasteiger partial charge < -0.3 is 10.1 Å². The quantitative estimate of drug-likeness (QED) is 0.634. The molecule has 21 heavy (non-hydrogen) atoms. The van der Waals surface area contributed by atoms with Gasteiger partial charge in [-0.2, -0.15) is 0 Å². The lowest BCUT2D eigenvalue weighted by molar-refractivity contribution is -0.117. The number of hydrogen-bond donors (Lipinski definition) is 1. The zero-order valence-corrected chi connectivity index (χ0v) is 15.4. The van der Waals surface area contributed by atoms with Crippen molar-refractivity contribution in [3.05, 3.63) is 0 Å². The highest BCUT2D eigenvalue weighted by molar-refractivity contribution is 5.00. The van der Waals surface area contributed by atoms with Crippen LogP contribution in [0, 0.1) is 11.3 Å². The predicted molar refractivity (Wildman–Crippen MR) is 92.8 cm³/mol. The fraction of sp³-hybridized carbons (Fsp3) is 1.00. The van der Waals surface area contributed by atoms with Crippen LogP contribution in [0.4, 0.5) is 0 Å². The van der Waals surface area contributed by atoms with Crippen LogP contribution >= 0.6 is 0 Å². The predicted octanol–water partition coefficient (Wildman–Crippen LogP) is 5.17. The first kappa shape index (κ1) is 19.0. The van der Waals surface area contributed by atoms with Gasteiger partial charge in [-0.25, -0.2) is 0 Å². The molecule has 0 aromatic heterocycles. The van der Waals surface area contributed by atoms with Gasteiger partial charge in [-0.3, -0.25) is 0 Å². The Morgan fingerprint density at radius 2 is 1.62 bits per heavy atom. The Morgan fingerprint density at radius 1 is 1.00 bits per heavy atom. The summed E-state index contributed by atoms with van der Waals surface area (Å²) >= 11 is 0. The Kier molecular flexibility index (Phi) is 7.70. The topological polar surface area (TPSA) is 21.3 Å². The van der Waals surface area contributed by atoms with Gasteiger partial charge in [0.15, 0.2) is 0 Å². The van der Waals surface area contributed by atoms with Crippen molar-refractivity contribution in [2.75, 3.05) is 13.2 Å². The van der Waals surface area contributed by atoms with Crippen molar-refractivity contribution in [2.24, 2.45) is 11.3 Å². The Labute approximate surface area is 133 Å². The van der Waals surface area contributed by atoms with Crippen molar-refractivity contribution in [2.45, 2.75) is 98.1 Å². The third-order valence-electron chi connectivity index (χ3n) is 5.38. The van der Waals surface area contributed by atoms with E-state index >= 15 is 0 Å². The van der Waals surface area contributed by atoms with Crippen LogP contribution in [-0.2, 0) is 4.74 Å². The molecule has 1 N–H and O–H groups in total. The molecule has 1 saturated carbocycles. The molecule has 2 nitrogen and oxygen atoms in total. The maximum absolute atomic E-state index is 6.43. The second kappa shape index (κ2) is 8.53. The van der Waals surface area contributed by atoms with Gasteiger partial charge in [0, 0.05) is 12.6 Å². The molecule has 1 fully saturated rings. The zero-order chi connectivity index (χ0) is 15.9. The number of rotatable bonds is 9. The number of hydrogen-bond acceptors (Lipinski definition) is 2. The van der Waals surface area contributed by atoms with Crippen LogP contribution in [0.3, 0.4) is 0 Å². The van der Waals surface area contributed by atoms with E-state index in [1.807, 2.05) is 0 Å². The van der Waals surface area contributed by atoms with E-state index in [9.17, 15) is 0 Å². The molecule has 1 rings (SSSR count). The minimum atomic E-state index is 0.0635. The normalized spacial score (nSPS) is 23.7. The molecule has 0 spiro atoms. The first-order valence-corrected chi connectivity index (χ1v) is 9.28. The molecule has 1 aliphatic carbocycles. The Bertz CT molecular complexity index is 277. The van der Waals surface area contributed by atoms with Crippen molar-refractivity contribution in [1.29, 1.82) is 0 Å². The molecular formula is C19H39NO. The highest BCUT2D eigenvalue weighted by Gasteiger charge is 2.46. The summed E-state index contributed by atoms with van der Waals surface area (Å²) in [6.07, 6.45) is 8.75. The van der Waals surface area contributed by atoms with E-state index in [4.69, 9.17) is 4.74 Å². The molecule has 0 saturated heterocycles. The zero-order valence-electron chi connectivity index (χ0n) is 15.4. The van der Waals surface area contributed by atoms with Crippen molar-refractivity contribution >= 4 is 0 Å². The van der Waals surface area contributed by atoms with Gasteiger partial charge in [0.2, 0.25) is 0 Å². The minimum Gasteiger partial charge on any atom is -0.374 e. The lowest BCUT2D eigenvalue weighted by Gasteiger charge is -2.49. The van der Waals surface area contributed by atoms with Crippen molar-refractivity contribution in [3.8, 4) is 0 Å². The van der Waals surface area contributed by atoms with Crippen molar-refractivity contribution in [1.82, 2.24) is 5.32 Å². The minimum absolute atomic E-state index is 0.0635. The van der Waals surface area contributed by atoms with Crippen LogP contribution in [0.15, 0.2) is 0 Å². The first-order chi connectivity index (χ1) is 9.90. The summed E-state index contributed by atoms with van der Waals surface area (Å²) in [5.74, 6) is 0.689. The third kappa shape index (κ3) is 5.25. The molecule has 0 aromatic carbocycles. The monoisotopic (exact) mass is 297 g/mol. The van der Waals surface area contributed by atoms with Gasteiger partial charge in [-0.15, -0.1) is 0 Å². The van der Waals surface area contributed by atoms with Gasteiger partial charge in [-0.1, -0.05) is 41.0 Å². The summed E-state index contributed by atoms with van der Waals surface area (Å²) in [4.78, 5) is 0. The molecule has 1 aliphatic rings. The Balaban J connectivity index is 2.90. The summed E-state index contributed by atoms with van der Waals surface area (Å²) < 4.78 is 6.43. The standard InChI is InChI=1S/C19H39NO/c1-7-10-16(4)17(20-15-8-2)19(21-9-3)13-11-18(5,6)12-14-19/h16-17,20H,7-15H2,1-6H3. The number of ether oxygens (including phenoxy) is 1. The molecule has 2 atom stereocenters. The second-order valence-corrected chi connectivity index (χ2v) is 7.86. The Hall–Kier alpha value is -0.0800. The van der Waals surface area contributed by atoms with E-state index in [1.54, 1.807) is 0 Å². The highest BCUT2D eigenvalue weighted by atomic mass is 16.5. The molecule has 0 amide bonds. The summed E-state index contributed by atoms with van der Waals surface area (Å²) in [7, 11) is 0. The van der Waals surface area contributed by atoms with Crippen LogP contribution < -0.4 is 5.32 Å². The Morgan fingerprint density at radius 3 is 2.10 bits per heavy atom.